The molecule has 18 heteroatoms. The zero-order valence-electron chi connectivity index (χ0n) is 27.7. The molecule has 0 aliphatic rings. The van der Waals surface area contributed by atoms with Gasteiger partial charge < -0.3 is 42.3 Å². The number of aromatic hydroxyl groups is 1. The van der Waals surface area contributed by atoms with Gasteiger partial charge in [0.2, 0.25) is 17.7 Å². The summed E-state index contributed by atoms with van der Waals surface area (Å²) in [6, 6.07) is 23.5. The van der Waals surface area contributed by atoms with Crippen LogP contribution >= 0.6 is 0 Å². The lowest BCUT2D eigenvalue weighted by Crippen LogP contribution is -2.48. The summed E-state index contributed by atoms with van der Waals surface area (Å²) < 4.78 is 31.7. The molecule has 0 heterocycles. The number of aliphatic hydroxyl groups is 1. The molecular formula is C34H40F3N7O8. The van der Waals surface area contributed by atoms with E-state index < -0.39 is 42.7 Å². The Morgan fingerprint density at radius 2 is 1.33 bits per heavy atom. The van der Waals surface area contributed by atoms with Gasteiger partial charge in [0.1, 0.15) is 18.4 Å². The molecule has 3 aromatic rings. The number of benzene rings is 3. The molecule has 3 aromatic carbocycles. The minimum absolute atomic E-state index is 0.110. The second kappa shape index (κ2) is 21.8. The number of guanidine groups is 1. The van der Waals surface area contributed by atoms with Gasteiger partial charge in [0.05, 0.1) is 5.92 Å². The molecule has 52 heavy (non-hydrogen) atoms. The number of carboxylic acid groups (broad SMARTS) is 1. The number of phenolic OH excluding ortho intramolecular Hbond substituents is 1. The van der Waals surface area contributed by atoms with Crippen LogP contribution in [0, 0.1) is 0 Å². The molecule has 0 radical (unpaired) electrons. The fourth-order valence-corrected chi connectivity index (χ4v) is 4.37. The molecule has 3 rings (SSSR count). The number of alkyl halides is 3. The number of nitrogens with one attached hydrogen (secondary N) is 5. The van der Waals surface area contributed by atoms with E-state index in [9.17, 15) is 37.5 Å². The number of phenols is 1. The maximum absolute atomic E-state index is 13.7. The van der Waals surface area contributed by atoms with Crippen molar-refractivity contribution in [2.75, 3.05) is 26.2 Å². The second-order valence-electron chi connectivity index (χ2n) is 10.8. The smallest absolute Gasteiger partial charge is 0.490 e. The molecule has 5 amide bonds. The number of halogens is 3. The van der Waals surface area contributed by atoms with Gasteiger partial charge in [-0.25, -0.2) is 9.59 Å². The Morgan fingerprint density at radius 3 is 1.85 bits per heavy atom. The van der Waals surface area contributed by atoms with Crippen LogP contribution in [0.5, 0.6) is 5.75 Å². The number of hydrogen-bond acceptors (Lipinski definition) is 8. The van der Waals surface area contributed by atoms with Crippen molar-refractivity contribution in [2.45, 2.75) is 37.5 Å². The molecule has 15 nitrogen and oxygen atoms in total. The van der Waals surface area contributed by atoms with Gasteiger partial charge in [-0.2, -0.15) is 13.2 Å². The lowest BCUT2D eigenvalue weighted by molar-refractivity contribution is -0.192. The van der Waals surface area contributed by atoms with Crippen LogP contribution in [0.3, 0.4) is 0 Å². The van der Waals surface area contributed by atoms with Crippen molar-refractivity contribution >= 4 is 35.7 Å². The number of aliphatic imine (C=N–C) groups is 1. The van der Waals surface area contributed by atoms with Gasteiger partial charge in [0.15, 0.2) is 5.96 Å². The fraction of sp³-hybridized carbons (Fsp3) is 0.294. The zero-order valence-corrected chi connectivity index (χ0v) is 27.7. The van der Waals surface area contributed by atoms with Crippen molar-refractivity contribution in [1.29, 1.82) is 0 Å². The number of aliphatic hydroxyl groups excluding tert-OH is 1. The molecule has 0 saturated heterocycles. The number of urea groups is 1. The van der Waals surface area contributed by atoms with E-state index in [1.165, 1.54) is 12.1 Å². The SMILES string of the molecule is NC(=NCCC[C@@H](NC(=O)C(c1ccccc1)c1ccccc1)C(=O)NCc1ccc(O)cc1)NC(=O)NCCNC(=O)CO.O=C(O)C(F)(F)F. The molecular weight excluding hydrogens is 691 g/mol. The summed E-state index contributed by atoms with van der Waals surface area (Å²) in [5.74, 6) is -4.72. The number of hydrogen-bond donors (Lipinski definition) is 9. The van der Waals surface area contributed by atoms with Crippen LogP contribution in [0.2, 0.25) is 0 Å². The lowest BCUT2D eigenvalue weighted by Gasteiger charge is -2.23. The Morgan fingerprint density at radius 1 is 0.788 bits per heavy atom. The molecule has 0 saturated carbocycles. The second-order valence-corrected chi connectivity index (χ2v) is 10.8. The van der Waals surface area contributed by atoms with Crippen LogP contribution in [0.15, 0.2) is 89.9 Å². The zero-order chi connectivity index (χ0) is 38.5. The number of nitrogens with two attached hydrogens (primary N) is 1. The first-order chi connectivity index (χ1) is 24.7. The standard InChI is InChI=1S/C32H39N7O6.C2HF3O2/c33-31(39-32(45)36-19-18-34-27(42)21-40)35-17-7-12-26(29(43)37-20-22-13-15-25(41)16-14-22)38-30(44)28(23-8-3-1-4-9-23)24-10-5-2-6-11-24;3-2(4,5)1(6)7/h1-6,8-11,13-16,26,28,40-41H,7,12,17-21H2,(H,34,42)(H,37,43)(H,38,44)(H4,33,35,36,39,45);(H,6,7)/t26-;/m1./s1. The maximum atomic E-state index is 13.7. The van der Waals surface area contributed by atoms with Crippen LogP contribution < -0.4 is 32.3 Å². The number of carboxylic acids is 1. The van der Waals surface area contributed by atoms with Crippen molar-refractivity contribution in [3.05, 3.63) is 102 Å². The normalized spacial score (nSPS) is 11.7. The van der Waals surface area contributed by atoms with E-state index in [1.54, 1.807) is 12.1 Å². The van der Waals surface area contributed by atoms with Crippen molar-refractivity contribution in [3.8, 4) is 5.75 Å². The van der Waals surface area contributed by atoms with E-state index in [4.69, 9.17) is 20.7 Å². The Balaban J connectivity index is 0.00000121. The molecule has 0 unspecified atom stereocenters. The highest BCUT2D eigenvalue weighted by Crippen LogP contribution is 2.25. The van der Waals surface area contributed by atoms with Gasteiger partial charge in [-0.3, -0.25) is 24.7 Å². The summed E-state index contributed by atoms with van der Waals surface area (Å²) in [6.07, 6.45) is -4.49. The molecule has 10 N–H and O–H groups in total. The Labute approximate surface area is 296 Å². The highest BCUT2D eigenvalue weighted by atomic mass is 19.4. The van der Waals surface area contributed by atoms with Crippen LogP contribution in [0.25, 0.3) is 0 Å². The summed E-state index contributed by atoms with van der Waals surface area (Å²) in [6.45, 7) is -0.0478. The predicted octanol–water partition coefficient (Wildman–Crippen LogP) is 1.46. The molecule has 0 aliphatic carbocycles. The third-order valence-electron chi connectivity index (χ3n) is 6.86. The van der Waals surface area contributed by atoms with E-state index in [2.05, 4.69) is 31.6 Å². The Kier molecular flexibility index (Phi) is 17.6. The lowest BCUT2D eigenvalue weighted by atomic mass is 9.90. The molecule has 0 bridgehead atoms. The van der Waals surface area contributed by atoms with E-state index in [0.717, 1.165) is 16.7 Å². The summed E-state index contributed by atoms with van der Waals surface area (Å²) in [5, 5.41) is 38.4. The van der Waals surface area contributed by atoms with Crippen molar-refractivity contribution in [2.24, 2.45) is 10.7 Å². The minimum Gasteiger partial charge on any atom is -0.508 e. The van der Waals surface area contributed by atoms with E-state index >= 15 is 0 Å². The molecule has 0 fully saturated rings. The Bertz CT molecular complexity index is 1590. The average Bonchev–Trinajstić information content (AvgIpc) is 3.11. The molecule has 0 aliphatic heterocycles. The first-order valence-electron chi connectivity index (χ1n) is 15.7. The predicted molar refractivity (Wildman–Crippen MR) is 183 cm³/mol. The summed E-state index contributed by atoms with van der Waals surface area (Å²) in [4.78, 5) is 63.1. The summed E-state index contributed by atoms with van der Waals surface area (Å²) in [7, 11) is 0. The minimum atomic E-state index is -5.08. The topological polar surface area (TPSA) is 245 Å². The maximum Gasteiger partial charge on any atom is 0.490 e. The Hall–Kier alpha value is -6.17. The van der Waals surface area contributed by atoms with Gasteiger partial charge >= 0.3 is 18.2 Å². The number of amides is 5. The quantitative estimate of drug-likeness (QED) is 0.0623. The van der Waals surface area contributed by atoms with E-state index in [1.807, 2.05) is 60.7 Å². The third kappa shape index (κ3) is 16.0. The largest absolute Gasteiger partial charge is 0.508 e. The van der Waals surface area contributed by atoms with Crippen molar-refractivity contribution < 1.29 is 52.5 Å². The van der Waals surface area contributed by atoms with Crippen LogP contribution in [-0.2, 0) is 25.7 Å². The fourth-order valence-electron chi connectivity index (χ4n) is 4.37. The van der Waals surface area contributed by atoms with Gasteiger partial charge in [-0.1, -0.05) is 72.8 Å². The van der Waals surface area contributed by atoms with Crippen LogP contribution in [0.4, 0.5) is 18.0 Å². The van der Waals surface area contributed by atoms with E-state index in [0.29, 0.717) is 6.42 Å². The number of nitrogens with zero attached hydrogens (tertiary/aromatic N) is 1. The van der Waals surface area contributed by atoms with Crippen molar-refractivity contribution in [3.63, 3.8) is 0 Å². The number of aliphatic carboxylic acids is 1. The van der Waals surface area contributed by atoms with Crippen molar-refractivity contribution in [1.82, 2.24) is 26.6 Å². The highest BCUT2D eigenvalue weighted by molar-refractivity contribution is 5.95. The number of rotatable bonds is 15. The molecule has 0 spiro atoms. The van der Waals surface area contributed by atoms with Gasteiger partial charge in [-0.05, 0) is 41.7 Å². The number of carbonyl (C=O) groups excluding carboxylic acids is 4. The monoisotopic (exact) mass is 731 g/mol. The van der Waals surface area contributed by atoms with E-state index in [-0.39, 0.29) is 56.1 Å². The van der Waals surface area contributed by atoms with Gasteiger partial charge in [0, 0.05) is 26.2 Å². The molecule has 280 valence electrons. The molecule has 0 aromatic heterocycles. The summed E-state index contributed by atoms with van der Waals surface area (Å²) in [5.41, 5.74) is 8.14. The molecule has 1 atom stereocenters. The van der Waals surface area contributed by atoms with Gasteiger partial charge in [0.25, 0.3) is 0 Å². The number of carbonyl (C=O) groups is 5. The first kappa shape index (κ1) is 42.0. The highest BCUT2D eigenvalue weighted by Gasteiger charge is 2.38. The van der Waals surface area contributed by atoms with Gasteiger partial charge in [-0.15, -0.1) is 0 Å². The van der Waals surface area contributed by atoms with Crippen LogP contribution in [-0.4, -0.2) is 89.5 Å². The third-order valence-corrected chi connectivity index (χ3v) is 6.86. The first-order valence-corrected chi connectivity index (χ1v) is 15.7. The summed E-state index contributed by atoms with van der Waals surface area (Å²) >= 11 is 0. The average molecular weight is 732 g/mol. The van der Waals surface area contributed by atoms with Crippen LogP contribution in [0.1, 0.15) is 35.4 Å².